The van der Waals surface area contributed by atoms with Crippen LogP contribution in [0.5, 0.6) is 0 Å². The molecule has 6 nitrogen and oxygen atoms in total. The van der Waals surface area contributed by atoms with Gasteiger partial charge in [-0.2, -0.15) is 0 Å². The Bertz CT molecular complexity index is 535. The van der Waals surface area contributed by atoms with Crippen LogP contribution in [0, 0.1) is 0 Å². The predicted octanol–water partition coefficient (Wildman–Crippen LogP) is 0.414. The zero-order valence-electron chi connectivity index (χ0n) is 7.94. The molecule has 7 heteroatoms. The van der Waals surface area contributed by atoms with Crippen LogP contribution in [0.2, 0.25) is 0 Å². The van der Waals surface area contributed by atoms with E-state index < -0.39 is 5.91 Å². The largest absolute Gasteiger partial charge is 0.397 e. The first kappa shape index (κ1) is 9.66. The fourth-order valence-electron chi connectivity index (χ4n) is 1.33. The van der Waals surface area contributed by atoms with E-state index in [4.69, 9.17) is 11.5 Å². The Morgan fingerprint density at radius 1 is 1.53 bits per heavy atom. The van der Waals surface area contributed by atoms with Crippen LogP contribution in [0.4, 0.5) is 11.5 Å². The quantitative estimate of drug-likeness (QED) is 0.683. The van der Waals surface area contributed by atoms with Gasteiger partial charge in [-0.1, -0.05) is 0 Å². The number of primary amides is 1. The van der Waals surface area contributed by atoms with Gasteiger partial charge in [0.1, 0.15) is 21.9 Å². The number of nitrogens with zero attached hydrogens (tertiary/aromatic N) is 2. The van der Waals surface area contributed by atoms with Gasteiger partial charge in [0.05, 0.1) is 11.1 Å². The van der Waals surface area contributed by atoms with Crippen LogP contribution in [0.3, 0.4) is 0 Å². The molecule has 2 aromatic heterocycles. The van der Waals surface area contributed by atoms with Crippen LogP contribution in [-0.4, -0.2) is 22.9 Å². The van der Waals surface area contributed by atoms with Gasteiger partial charge >= 0.3 is 0 Å². The fourth-order valence-corrected chi connectivity index (χ4v) is 2.24. The van der Waals surface area contributed by atoms with Crippen LogP contribution in [0.15, 0.2) is 6.33 Å². The fraction of sp³-hybridized carbons (Fsp3) is 0.125. The van der Waals surface area contributed by atoms with Crippen molar-refractivity contribution >= 4 is 39.0 Å². The van der Waals surface area contributed by atoms with Crippen molar-refractivity contribution in [3.63, 3.8) is 0 Å². The van der Waals surface area contributed by atoms with Gasteiger partial charge in [-0.15, -0.1) is 11.3 Å². The molecule has 2 heterocycles. The summed E-state index contributed by atoms with van der Waals surface area (Å²) in [6, 6.07) is 0. The Balaban J connectivity index is 2.82. The van der Waals surface area contributed by atoms with Crippen molar-refractivity contribution in [2.45, 2.75) is 0 Å². The maximum Gasteiger partial charge on any atom is 0.260 e. The van der Waals surface area contributed by atoms with Crippen molar-refractivity contribution in [2.24, 2.45) is 5.73 Å². The highest BCUT2D eigenvalue weighted by molar-refractivity contribution is 7.21. The highest BCUT2D eigenvalue weighted by Crippen LogP contribution is 2.35. The number of nitrogens with two attached hydrogens (primary N) is 2. The number of amides is 1. The Kier molecular flexibility index (Phi) is 2.16. The molecule has 15 heavy (non-hydrogen) atoms. The molecule has 0 spiro atoms. The van der Waals surface area contributed by atoms with E-state index in [9.17, 15) is 4.79 Å². The van der Waals surface area contributed by atoms with Gasteiger partial charge in [0, 0.05) is 7.05 Å². The van der Waals surface area contributed by atoms with Gasteiger partial charge in [-0.25, -0.2) is 9.97 Å². The van der Waals surface area contributed by atoms with Gasteiger partial charge in [-0.3, -0.25) is 4.79 Å². The minimum atomic E-state index is -0.544. The van der Waals surface area contributed by atoms with Crippen molar-refractivity contribution in [3.8, 4) is 0 Å². The summed E-state index contributed by atoms with van der Waals surface area (Å²) < 4.78 is 0. The zero-order chi connectivity index (χ0) is 11.0. The van der Waals surface area contributed by atoms with E-state index in [1.807, 2.05) is 0 Å². The van der Waals surface area contributed by atoms with Crippen molar-refractivity contribution in [1.29, 1.82) is 0 Å². The summed E-state index contributed by atoms with van der Waals surface area (Å²) >= 11 is 1.17. The average molecular weight is 223 g/mol. The molecule has 0 fully saturated rings. The highest BCUT2D eigenvalue weighted by Gasteiger charge is 2.17. The lowest BCUT2D eigenvalue weighted by Gasteiger charge is -2.00. The van der Waals surface area contributed by atoms with Crippen LogP contribution >= 0.6 is 11.3 Å². The van der Waals surface area contributed by atoms with Gasteiger partial charge in [0.2, 0.25) is 0 Å². The number of nitrogen functional groups attached to an aromatic ring is 1. The molecule has 0 unspecified atom stereocenters. The highest BCUT2D eigenvalue weighted by atomic mass is 32.1. The van der Waals surface area contributed by atoms with E-state index in [2.05, 4.69) is 15.3 Å². The van der Waals surface area contributed by atoms with Crippen molar-refractivity contribution in [3.05, 3.63) is 11.2 Å². The number of hydrogen-bond acceptors (Lipinski definition) is 6. The number of fused-ring (bicyclic) bond motifs is 1. The van der Waals surface area contributed by atoms with Crippen LogP contribution in [0.1, 0.15) is 9.67 Å². The normalized spacial score (nSPS) is 10.5. The number of hydrogen-bond donors (Lipinski definition) is 3. The first-order valence-corrected chi connectivity index (χ1v) is 4.97. The van der Waals surface area contributed by atoms with E-state index in [1.165, 1.54) is 17.7 Å². The molecule has 2 rings (SSSR count). The van der Waals surface area contributed by atoms with Crippen LogP contribution in [0.25, 0.3) is 10.2 Å². The van der Waals surface area contributed by atoms with Gasteiger partial charge in [0.15, 0.2) is 0 Å². The maximum absolute atomic E-state index is 11.1. The van der Waals surface area contributed by atoms with Crippen molar-refractivity contribution < 1.29 is 4.79 Å². The minimum Gasteiger partial charge on any atom is -0.397 e. The lowest BCUT2D eigenvalue weighted by molar-refractivity contribution is 0.100. The molecule has 0 aromatic carbocycles. The van der Waals surface area contributed by atoms with Crippen molar-refractivity contribution in [2.75, 3.05) is 18.1 Å². The molecule has 0 saturated carbocycles. The number of rotatable bonds is 2. The third-order valence-electron chi connectivity index (χ3n) is 1.99. The Morgan fingerprint density at radius 3 is 2.87 bits per heavy atom. The lowest BCUT2D eigenvalue weighted by atomic mass is 10.3. The molecule has 0 aliphatic heterocycles. The summed E-state index contributed by atoms with van der Waals surface area (Å²) in [5, 5.41) is 3.54. The number of nitrogens with one attached hydrogen (secondary N) is 1. The van der Waals surface area contributed by atoms with Crippen LogP contribution in [-0.2, 0) is 0 Å². The third-order valence-corrected chi connectivity index (χ3v) is 3.11. The molecular formula is C8H9N5OS. The summed E-state index contributed by atoms with van der Waals surface area (Å²) in [4.78, 5) is 20.1. The van der Waals surface area contributed by atoms with E-state index in [0.717, 1.165) is 0 Å². The molecule has 1 amide bonds. The molecule has 0 aliphatic rings. The number of aromatic nitrogens is 2. The number of anilines is 2. The third kappa shape index (κ3) is 1.37. The van der Waals surface area contributed by atoms with E-state index in [0.29, 0.717) is 26.6 Å². The molecule has 0 aliphatic carbocycles. The molecule has 0 bridgehead atoms. The molecule has 0 atom stereocenters. The Labute approximate surface area is 89.3 Å². The summed E-state index contributed by atoms with van der Waals surface area (Å²) in [5.74, 6) is 0.0544. The number of carbonyl (C=O) groups excluding carboxylic acids is 1. The first-order chi connectivity index (χ1) is 7.15. The van der Waals surface area contributed by atoms with Gasteiger partial charge < -0.3 is 16.8 Å². The van der Waals surface area contributed by atoms with Crippen LogP contribution < -0.4 is 16.8 Å². The molecule has 0 radical (unpaired) electrons. The second-order valence-electron chi connectivity index (χ2n) is 2.86. The van der Waals surface area contributed by atoms with Gasteiger partial charge in [-0.05, 0) is 0 Å². The minimum absolute atomic E-state index is 0.321. The molecule has 0 saturated heterocycles. The number of thiophene rings is 1. The second-order valence-corrected chi connectivity index (χ2v) is 3.86. The Morgan fingerprint density at radius 2 is 2.27 bits per heavy atom. The SMILES string of the molecule is CNc1ncnc2sc(C(N)=O)c(N)c12. The van der Waals surface area contributed by atoms with E-state index in [-0.39, 0.29) is 0 Å². The van der Waals surface area contributed by atoms with E-state index in [1.54, 1.807) is 7.05 Å². The maximum atomic E-state index is 11.1. The van der Waals surface area contributed by atoms with E-state index >= 15 is 0 Å². The van der Waals surface area contributed by atoms with Crippen molar-refractivity contribution in [1.82, 2.24) is 9.97 Å². The Hall–Kier alpha value is -1.89. The monoisotopic (exact) mass is 223 g/mol. The smallest absolute Gasteiger partial charge is 0.260 e. The second kappa shape index (κ2) is 3.35. The summed E-state index contributed by atoms with van der Waals surface area (Å²) in [6.07, 6.45) is 1.41. The summed E-state index contributed by atoms with van der Waals surface area (Å²) in [6.45, 7) is 0. The topological polar surface area (TPSA) is 107 Å². The first-order valence-electron chi connectivity index (χ1n) is 4.15. The zero-order valence-corrected chi connectivity index (χ0v) is 8.76. The molecule has 2 aromatic rings. The molecular weight excluding hydrogens is 214 g/mol. The molecule has 78 valence electrons. The predicted molar refractivity (Wildman–Crippen MR) is 59.9 cm³/mol. The summed E-state index contributed by atoms with van der Waals surface area (Å²) in [5.41, 5.74) is 11.3. The lowest BCUT2D eigenvalue weighted by Crippen LogP contribution is -2.10. The summed E-state index contributed by atoms with van der Waals surface area (Å²) in [7, 11) is 1.73. The number of carbonyl (C=O) groups is 1. The standard InChI is InChI=1S/C8H9N5OS/c1-11-7-3-4(9)5(6(10)14)15-8(3)13-2-12-7/h2H,9H2,1H3,(H2,10,14)(H,11,12,13). The molecule has 5 N–H and O–H groups in total. The van der Waals surface area contributed by atoms with Gasteiger partial charge in [0.25, 0.3) is 5.91 Å². The average Bonchev–Trinajstić information content (AvgIpc) is 2.56.